The van der Waals surface area contributed by atoms with E-state index in [1.165, 1.54) is 17.0 Å². The Morgan fingerprint density at radius 2 is 1.72 bits per heavy atom. The Labute approximate surface area is 152 Å². The van der Waals surface area contributed by atoms with Crippen LogP contribution < -0.4 is 4.57 Å². The molecule has 2 aromatic rings. The molecule has 1 aliphatic heterocycles. The van der Waals surface area contributed by atoms with Crippen molar-refractivity contribution in [2.24, 2.45) is 0 Å². The summed E-state index contributed by atoms with van der Waals surface area (Å²) in [5.41, 5.74) is 3.65. The fourth-order valence-electron chi connectivity index (χ4n) is 4.73. The molecule has 3 nitrogen and oxygen atoms in total. The Kier molecular flexibility index (Phi) is 4.25. The summed E-state index contributed by atoms with van der Waals surface area (Å²) in [7, 11) is 0. The Morgan fingerprint density at radius 3 is 2.28 bits per heavy atom. The number of fused-ring (bicyclic) bond motifs is 3. The lowest BCUT2D eigenvalue weighted by atomic mass is 9.60. The highest BCUT2D eigenvalue weighted by atomic mass is 15.1. The van der Waals surface area contributed by atoms with E-state index in [1.807, 2.05) is 0 Å². The van der Waals surface area contributed by atoms with Crippen molar-refractivity contribution in [1.82, 2.24) is 9.97 Å². The van der Waals surface area contributed by atoms with Gasteiger partial charge in [-0.15, -0.1) is 0 Å². The second kappa shape index (κ2) is 5.89. The molecule has 1 unspecified atom stereocenters. The quantitative estimate of drug-likeness (QED) is 0.743. The molecule has 0 saturated carbocycles. The van der Waals surface area contributed by atoms with E-state index in [4.69, 9.17) is 9.97 Å². The summed E-state index contributed by atoms with van der Waals surface area (Å²) in [6.07, 6.45) is 7.51. The second-order valence-electron chi connectivity index (χ2n) is 8.58. The third kappa shape index (κ3) is 2.35. The molecule has 0 saturated heterocycles. The predicted octanol–water partition coefficient (Wildman–Crippen LogP) is 4.93. The summed E-state index contributed by atoms with van der Waals surface area (Å²) in [4.78, 5) is 9.94. The minimum Gasteiger partial charge on any atom is -0.240 e. The first-order valence-corrected chi connectivity index (χ1v) is 9.64. The highest BCUT2D eigenvalue weighted by Crippen LogP contribution is 2.50. The zero-order chi connectivity index (χ0) is 18.5. The maximum atomic E-state index is 5.20. The summed E-state index contributed by atoms with van der Waals surface area (Å²) >= 11 is 0. The molecule has 1 aliphatic rings. The Bertz CT molecular complexity index is 784. The van der Waals surface area contributed by atoms with Crippen LogP contribution in [0, 0.1) is 0 Å². The van der Waals surface area contributed by atoms with Gasteiger partial charge in [-0.1, -0.05) is 41.5 Å². The average Bonchev–Trinajstić information content (AvgIpc) is 2.61. The van der Waals surface area contributed by atoms with Crippen molar-refractivity contribution in [2.45, 2.75) is 84.1 Å². The van der Waals surface area contributed by atoms with E-state index >= 15 is 0 Å². The summed E-state index contributed by atoms with van der Waals surface area (Å²) < 4.78 is 2.47. The molecule has 0 aliphatic carbocycles. The highest BCUT2D eigenvalue weighted by molar-refractivity contribution is 5.62. The van der Waals surface area contributed by atoms with Crippen molar-refractivity contribution in [1.29, 1.82) is 0 Å². The molecule has 0 bridgehead atoms. The number of hydrogen-bond acceptors (Lipinski definition) is 2. The first-order chi connectivity index (χ1) is 11.7. The van der Waals surface area contributed by atoms with Crippen LogP contribution in [0.4, 0.5) is 0 Å². The second-order valence-corrected chi connectivity index (χ2v) is 8.58. The normalized spacial score (nSPS) is 21.6. The number of pyridine rings is 1. The van der Waals surface area contributed by atoms with Crippen molar-refractivity contribution < 1.29 is 4.57 Å². The Morgan fingerprint density at radius 1 is 1.04 bits per heavy atom. The number of hydrogen-bond donors (Lipinski definition) is 0. The summed E-state index contributed by atoms with van der Waals surface area (Å²) in [6, 6.07) is 6.47. The van der Waals surface area contributed by atoms with Gasteiger partial charge in [-0.3, -0.25) is 0 Å². The fourth-order valence-corrected chi connectivity index (χ4v) is 4.73. The molecule has 0 fully saturated rings. The predicted molar refractivity (Wildman–Crippen MR) is 103 cm³/mol. The molecular formula is C22H32N3+. The summed E-state index contributed by atoms with van der Waals surface area (Å²) in [5.74, 6) is 0.945. The molecule has 3 rings (SSSR count). The number of nitrogens with zero attached hydrogens (tertiary/aromatic N) is 3. The van der Waals surface area contributed by atoms with E-state index in [9.17, 15) is 0 Å². The van der Waals surface area contributed by atoms with Crippen molar-refractivity contribution >= 4 is 0 Å². The average molecular weight is 339 g/mol. The minimum atomic E-state index is -0.0467. The van der Waals surface area contributed by atoms with E-state index in [2.05, 4.69) is 83.6 Å². The molecular weight excluding hydrogens is 306 g/mol. The molecule has 0 spiro atoms. The van der Waals surface area contributed by atoms with Crippen molar-refractivity contribution in [3.05, 3.63) is 42.1 Å². The summed E-state index contributed by atoms with van der Waals surface area (Å²) in [6.45, 7) is 15.9. The lowest BCUT2D eigenvalue weighted by Gasteiger charge is -2.47. The molecule has 25 heavy (non-hydrogen) atoms. The first-order valence-electron chi connectivity index (χ1n) is 9.64. The van der Waals surface area contributed by atoms with E-state index in [1.54, 1.807) is 0 Å². The van der Waals surface area contributed by atoms with Gasteiger partial charge in [-0.2, -0.15) is 4.57 Å². The van der Waals surface area contributed by atoms with Crippen LogP contribution in [0.3, 0.4) is 0 Å². The summed E-state index contributed by atoms with van der Waals surface area (Å²) in [5, 5.41) is 0. The molecule has 0 radical (unpaired) electrons. The molecule has 0 amide bonds. The Hall–Kier alpha value is -1.77. The van der Waals surface area contributed by atoms with Gasteiger partial charge < -0.3 is 0 Å². The van der Waals surface area contributed by atoms with Gasteiger partial charge in [0.2, 0.25) is 5.69 Å². The van der Waals surface area contributed by atoms with Crippen molar-refractivity contribution in [2.75, 3.05) is 0 Å². The van der Waals surface area contributed by atoms with Crippen LogP contribution in [0.15, 0.2) is 30.6 Å². The molecule has 3 heterocycles. The molecule has 1 atom stereocenters. The van der Waals surface area contributed by atoms with E-state index in [0.717, 1.165) is 25.1 Å². The highest BCUT2D eigenvalue weighted by Gasteiger charge is 2.59. The topological polar surface area (TPSA) is 29.7 Å². The van der Waals surface area contributed by atoms with Gasteiger partial charge in [0.1, 0.15) is 5.82 Å². The van der Waals surface area contributed by atoms with E-state index < -0.39 is 0 Å². The molecule has 3 heteroatoms. The van der Waals surface area contributed by atoms with Crippen LogP contribution in [0.1, 0.15) is 79.2 Å². The van der Waals surface area contributed by atoms with Crippen molar-refractivity contribution in [3.8, 4) is 11.3 Å². The number of aromatic nitrogens is 3. The van der Waals surface area contributed by atoms with Gasteiger partial charge in [0.25, 0.3) is 0 Å². The number of rotatable bonds is 3. The van der Waals surface area contributed by atoms with Crippen LogP contribution in [-0.2, 0) is 16.4 Å². The van der Waals surface area contributed by atoms with E-state index in [-0.39, 0.29) is 16.4 Å². The molecule has 0 N–H and O–H groups in total. The zero-order valence-electron chi connectivity index (χ0n) is 16.8. The van der Waals surface area contributed by atoms with Crippen LogP contribution in [0.5, 0.6) is 0 Å². The Balaban J connectivity index is 2.43. The van der Waals surface area contributed by atoms with Crippen LogP contribution >= 0.6 is 0 Å². The maximum Gasteiger partial charge on any atom is 0.216 e. The minimum absolute atomic E-state index is 0.00357. The van der Waals surface area contributed by atoms with E-state index in [0.29, 0.717) is 0 Å². The smallest absolute Gasteiger partial charge is 0.216 e. The monoisotopic (exact) mass is 338 g/mol. The van der Waals surface area contributed by atoms with Crippen LogP contribution in [-0.4, -0.2) is 9.97 Å². The third-order valence-electron chi connectivity index (χ3n) is 6.51. The standard InChI is InChI=1S/C22H32N3/c1-8-21(7)22(9-2,10-3)18-16(17-13-11-12-14-25(17)21)15-23-19(24-18)20(4,5)6/h11-15H,8-10H2,1-7H3/q+1. The third-order valence-corrected chi connectivity index (χ3v) is 6.51. The van der Waals surface area contributed by atoms with Crippen molar-refractivity contribution in [3.63, 3.8) is 0 Å². The van der Waals surface area contributed by atoms with Gasteiger partial charge in [0, 0.05) is 37.1 Å². The lowest BCUT2D eigenvalue weighted by molar-refractivity contribution is -0.766. The van der Waals surface area contributed by atoms with Gasteiger partial charge >= 0.3 is 0 Å². The van der Waals surface area contributed by atoms with Gasteiger partial charge in [-0.05, 0) is 18.9 Å². The largest absolute Gasteiger partial charge is 0.240 e. The molecule has 134 valence electrons. The SMILES string of the molecule is CCC1(CC)c2nc(C(C)(C)C)ncc2-c2cccc[n+]2C1(C)CC. The lowest BCUT2D eigenvalue weighted by Crippen LogP contribution is -2.68. The molecule has 2 aromatic heterocycles. The maximum absolute atomic E-state index is 5.20. The molecule has 0 aromatic carbocycles. The van der Waals surface area contributed by atoms with Gasteiger partial charge in [0.15, 0.2) is 11.7 Å². The fraction of sp³-hybridized carbons (Fsp3) is 0.591. The van der Waals surface area contributed by atoms with Gasteiger partial charge in [-0.25, -0.2) is 9.97 Å². The van der Waals surface area contributed by atoms with Crippen LogP contribution in [0.25, 0.3) is 11.3 Å². The van der Waals surface area contributed by atoms with Crippen LogP contribution in [0.2, 0.25) is 0 Å². The van der Waals surface area contributed by atoms with Gasteiger partial charge in [0.05, 0.1) is 16.7 Å². The zero-order valence-corrected chi connectivity index (χ0v) is 16.8. The first kappa shape index (κ1) is 18.0.